The minimum absolute atomic E-state index is 0.400. The summed E-state index contributed by atoms with van der Waals surface area (Å²) < 4.78 is 4.70. The lowest BCUT2D eigenvalue weighted by Crippen LogP contribution is -2.12. The second-order valence-electron chi connectivity index (χ2n) is 5.53. The molecular weight excluding hydrogens is 228 g/mol. The lowest BCUT2D eigenvalue weighted by atomic mass is 10.1. The Labute approximate surface area is 108 Å². The number of carbonyl (C=O) groups excluding carboxylic acids is 1. The van der Waals surface area contributed by atoms with Gasteiger partial charge in [0, 0.05) is 6.54 Å². The lowest BCUT2D eigenvalue weighted by Gasteiger charge is -2.12. The van der Waals surface area contributed by atoms with Crippen molar-refractivity contribution in [3.05, 3.63) is 23.8 Å². The van der Waals surface area contributed by atoms with Gasteiger partial charge in [-0.15, -0.1) is 0 Å². The highest BCUT2D eigenvalue weighted by molar-refractivity contribution is 5.98. The van der Waals surface area contributed by atoms with Gasteiger partial charge in [0.05, 0.1) is 24.0 Å². The van der Waals surface area contributed by atoms with Gasteiger partial charge in [-0.2, -0.15) is 0 Å². The first-order valence-corrected chi connectivity index (χ1v) is 6.16. The van der Waals surface area contributed by atoms with Crippen molar-refractivity contribution < 1.29 is 9.53 Å². The van der Waals surface area contributed by atoms with Crippen LogP contribution >= 0.6 is 0 Å². The van der Waals surface area contributed by atoms with E-state index in [2.05, 4.69) is 19.2 Å². The van der Waals surface area contributed by atoms with Crippen LogP contribution in [-0.4, -0.2) is 19.6 Å². The average molecular weight is 248 g/mol. The van der Waals surface area contributed by atoms with Crippen LogP contribution in [0, 0.1) is 11.3 Å². The van der Waals surface area contributed by atoms with Crippen LogP contribution in [0.1, 0.15) is 30.6 Å². The molecule has 2 rings (SSSR count). The third kappa shape index (κ3) is 2.42. The summed E-state index contributed by atoms with van der Waals surface area (Å²) in [6.45, 7) is 5.41. The molecule has 0 bridgehead atoms. The second kappa shape index (κ2) is 4.52. The zero-order chi connectivity index (χ0) is 13.3. The number of nitrogen functional groups attached to an aromatic ring is 1. The van der Waals surface area contributed by atoms with Crippen molar-refractivity contribution in [1.82, 2.24) is 0 Å². The number of benzene rings is 1. The molecule has 1 aromatic rings. The van der Waals surface area contributed by atoms with Crippen molar-refractivity contribution in [2.75, 3.05) is 24.7 Å². The molecule has 0 amide bonds. The number of rotatable bonds is 4. The first-order chi connectivity index (χ1) is 8.45. The van der Waals surface area contributed by atoms with Crippen molar-refractivity contribution in [3.63, 3.8) is 0 Å². The summed E-state index contributed by atoms with van der Waals surface area (Å²) in [6.07, 6.45) is 1.23. The summed E-state index contributed by atoms with van der Waals surface area (Å²) in [5.41, 5.74) is 8.08. The quantitative estimate of drug-likeness (QED) is 0.634. The van der Waals surface area contributed by atoms with E-state index in [-0.39, 0.29) is 0 Å². The van der Waals surface area contributed by atoms with Crippen molar-refractivity contribution >= 4 is 17.3 Å². The Balaban J connectivity index is 2.07. The summed E-state index contributed by atoms with van der Waals surface area (Å²) in [7, 11) is 1.36. The van der Waals surface area contributed by atoms with Crippen molar-refractivity contribution in [1.29, 1.82) is 0 Å². The van der Waals surface area contributed by atoms with Gasteiger partial charge in [-0.25, -0.2) is 4.79 Å². The van der Waals surface area contributed by atoms with E-state index >= 15 is 0 Å². The lowest BCUT2D eigenvalue weighted by molar-refractivity contribution is 0.0602. The highest BCUT2D eigenvalue weighted by Gasteiger charge is 2.44. The molecular formula is C14H20N2O2. The minimum atomic E-state index is -0.400. The molecule has 0 spiro atoms. The third-order valence-corrected chi connectivity index (χ3v) is 3.77. The Morgan fingerprint density at radius 3 is 2.78 bits per heavy atom. The standard InChI is InChI=1S/C14H20N2O2/c1-14(2)7-9(14)8-16-11-6-4-5-10(12(11)15)13(17)18-3/h4-6,9,16H,7-8,15H2,1-3H3. The number of para-hydroxylation sites is 1. The number of esters is 1. The van der Waals surface area contributed by atoms with Gasteiger partial charge in [0.15, 0.2) is 0 Å². The normalized spacial score (nSPS) is 20.3. The van der Waals surface area contributed by atoms with Gasteiger partial charge >= 0.3 is 5.97 Å². The van der Waals surface area contributed by atoms with E-state index in [1.54, 1.807) is 6.07 Å². The van der Waals surface area contributed by atoms with Gasteiger partial charge in [0.2, 0.25) is 0 Å². The molecule has 4 nitrogen and oxygen atoms in total. The van der Waals surface area contributed by atoms with Crippen molar-refractivity contribution in [3.8, 4) is 0 Å². The molecule has 1 aromatic carbocycles. The van der Waals surface area contributed by atoms with Crippen LogP contribution in [0.2, 0.25) is 0 Å². The number of hydrogen-bond donors (Lipinski definition) is 2. The average Bonchev–Trinajstić information content (AvgIpc) is 2.95. The maximum Gasteiger partial charge on any atom is 0.340 e. The van der Waals surface area contributed by atoms with Crippen molar-refractivity contribution in [2.24, 2.45) is 11.3 Å². The molecule has 1 atom stereocenters. The molecule has 3 N–H and O–H groups in total. The number of ether oxygens (including phenoxy) is 1. The molecule has 4 heteroatoms. The van der Waals surface area contributed by atoms with Crippen LogP contribution < -0.4 is 11.1 Å². The van der Waals surface area contributed by atoms with Gasteiger partial charge < -0.3 is 15.8 Å². The molecule has 1 aliphatic carbocycles. The van der Waals surface area contributed by atoms with Crippen LogP contribution in [0.15, 0.2) is 18.2 Å². The molecule has 18 heavy (non-hydrogen) atoms. The van der Waals surface area contributed by atoms with Gasteiger partial charge in [-0.3, -0.25) is 0 Å². The largest absolute Gasteiger partial charge is 0.465 e. The number of nitrogens with one attached hydrogen (secondary N) is 1. The highest BCUT2D eigenvalue weighted by Crippen LogP contribution is 2.51. The summed E-state index contributed by atoms with van der Waals surface area (Å²) in [5.74, 6) is 0.279. The SMILES string of the molecule is COC(=O)c1cccc(NCC2CC2(C)C)c1N. The molecule has 0 saturated heterocycles. The summed E-state index contributed by atoms with van der Waals surface area (Å²) in [4.78, 5) is 11.5. The first-order valence-electron chi connectivity index (χ1n) is 6.16. The molecule has 1 aliphatic rings. The van der Waals surface area contributed by atoms with E-state index in [1.165, 1.54) is 13.5 Å². The van der Waals surface area contributed by atoms with Crippen LogP contribution in [0.3, 0.4) is 0 Å². The fraction of sp³-hybridized carbons (Fsp3) is 0.500. The Bertz CT molecular complexity index is 469. The van der Waals surface area contributed by atoms with Gasteiger partial charge in [0.25, 0.3) is 0 Å². The predicted octanol–water partition coefficient (Wildman–Crippen LogP) is 2.51. The number of hydrogen-bond acceptors (Lipinski definition) is 4. The second-order valence-corrected chi connectivity index (χ2v) is 5.53. The smallest absolute Gasteiger partial charge is 0.340 e. The van der Waals surface area contributed by atoms with E-state index in [9.17, 15) is 4.79 Å². The van der Waals surface area contributed by atoms with E-state index in [0.29, 0.717) is 22.6 Å². The van der Waals surface area contributed by atoms with E-state index < -0.39 is 5.97 Å². The van der Waals surface area contributed by atoms with Gasteiger partial charge in [-0.05, 0) is 29.9 Å². The molecule has 0 heterocycles. The monoisotopic (exact) mass is 248 g/mol. The number of anilines is 2. The Hall–Kier alpha value is -1.71. The Kier molecular flexibility index (Phi) is 3.20. The predicted molar refractivity (Wildman–Crippen MR) is 72.6 cm³/mol. The minimum Gasteiger partial charge on any atom is -0.465 e. The Morgan fingerprint density at radius 2 is 2.22 bits per heavy atom. The highest BCUT2D eigenvalue weighted by atomic mass is 16.5. The van der Waals surface area contributed by atoms with Crippen LogP contribution in [0.4, 0.5) is 11.4 Å². The third-order valence-electron chi connectivity index (χ3n) is 3.77. The molecule has 98 valence electrons. The maximum atomic E-state index is 11.5. The molecule has 0 radical (unpaired) electrons. The first kappa shape index (κ1) is 12.7. The number of methoxy groups -OCH3 is 1. The van der Waals surface area contributed by atoms with E-state index in [4.69, 9.17) is 10.5 Å². The molecule has 0 aromatic heterocycles. The topological polar surface area (TPSA) is 64.3 Å². The fourth-order valence-corrected chi connectivity index (χ4v) is 2.17. The zero-order valence-electron chi connectivity index (χ0n) is 11.1. The number of carbonyl (C=O) groups is 1. The van der Waals surface area contributed by atoms with Crippen LogP contribution in [0.5, 0.6) is 0 Å². The van der Waals surface area contributed by atoms with E-state index in [0.717, 1.165) is 12.2 Å². The van der Waals surface area contributed by atoms with Crippen LogP contribution in [-0.2, 0) is 4.74 Å². The summed E-state index contributed by atoms with van der Waals surface area (Å²) in [5, 5.41) is 3.32. The number of nitrogens with two attached hydrogens (primary N) is 1. The van der Waals surface area contributed by atoms with Gasteiger partial charge in [0.1, 0.15) is 0 Å². The molecule has 1 unspecified atom stereocenters. The van der Waals surface area contributed by atoms with Crippen molar-refractivity contribution in [2.45, 2.75) is 20.3 Å². The van der Waals surface area contributed by atoms with Crippen LogP contribution in [0.25, 0.3) is 0 Å². The maximum absolute atomic E-state index is 11.5. The van der Waals surface area contributed by atoms with E-state index in [1.807, 2.05) is 12.1 Å². The van der Waals surface area contributed by atoms with Gasteiger partial charge in [-0.1, -0.05) is 19.9 Å². The molecule has 1 saturated carbocycles. The summed E-state index contributed by atoms with van der Waals surface area (Å²) in [6, 6.07) is 5.37. The molecule has 0 aliphatic heterocycles. The Morgan fingerprint density at radius 1 is 1.56 bits per heavy atom. The summed E-state index contributed by atoms with van der Waals surface area (Å²) >= 11 is 0. The zero-order valence-corrected chi connectivity index (χ0v) is 11.1. The fourth-order valence-electron chi connectivity index (χ4n) is 2.17. The molecule has 1 fully saturated rings.